The van der Waals surface area contributed by atoms with Crippen LogP contribution in [0.25, 0.3) is 22.3 Å². The number of pyridine rings is 1. The zero-order valence-corrected chi connectivity index (χ0v) is 21.2. The molecular formula is C27H29ClFN5O2. The van der Waals surface area contributed by atoms with E-state index in [1.165, 1.54) is 17.0 Å². The number of phenolic OH excluding ortho intramolecular Hbond substituents is 1. The molecule has 3 aromatic rings. The fourth-order valence-corrected chi connectivity index (χ4v) is 4.60. The molecule has 1 aliphatic rings. The number of nitrogens with one attached hydrogen (secondary N) is 1. The van der Waals surface area contributed by atoms with E-state index in [1.807, 2.05) is 13.1 Å². The number of nitrogens with zero attached hydrogens (tertiary/aromatic N) is 4. The van der Waals surface area contributed by atoms with Crippen molar-refractivity contribution in [2.24, 2.45) is 0 Å². The van der Waals surface area contributed by atoms with Gasteiger partial charge in [-0.25, -0.2) is 9.37 Å². The third kappa shape index (κ3) is 5.45. The molecule has 2 N–H and O–H groups in total. The van der Waals surface area contributed by atoms with Crippen LogP contribution in [0, 0.1) is 5.82 Å². The van der Waals surface area contributed by atoms with Gasteiger partial charge >= 0.3 is 0 Å². The zero-order chi connectivity index (χ0) is 25.8. The van der Waals surface area contributed by atoms with Gasteiger partial charge in [-0.05, 0) is 61.0 Å². The Morgan fingerprint density at radius 2 is 1.86 bits per heavy atom. The lowest BCUT2D eigenvalue weighted by atomic mass is 9.97. The summed E-state index contributed by atoms with van der Waals surface area (Å²) < 4.78 is 14.8. The van der Waals surface area contributed by atoms with Gasteiger partial charge in [0.05, 0.1) is 10.7 Å². The molecule has 9 heteroatoms. The molecule has 4 rings (SSSR count). The van der Waals surface area contributed by atoms with E-state index in [1.54, 1.807) is 61.9 Å². The molecule has 7 nitrogen and oxygen atoms in total. The van der Waals surface area contributed by atoms with E-state index in [4.69, 9.17) is 11.6 Å². The third-order valence-corrected chi connectivity index (χ3v) is 6.68. The van der Waals surface area contributed by atoms with E-state index in [-0.39, 0.29) is 5.75 Å². The molecule has 2 heterocycles. The second-order valence-corrected chi connectivity index (χ2v) is 9.23. The van der Waals surface area contributed by atoms with Crippen LogP contribution in [0.3, 0.4) is 0 Å². The number of aromatic nitrogens is 1. The molecule has 1 saturated heterocycles. The fraction of sp³-hybridized carbons (Fsp3) is 0.259. The number of carbonyl (C=O) groups excluding carboxylic acids is 1. The van der Waals surface area contributed by atoms with Crippen molar-refractivity contribution in [3.8, 4) is 28.0 Å². The SMILES string of the molecule is CN[C@H]1CCN(c2cc(-c3cc(F)cc(-c4ccc(N(C)/C=C\N(C)C=O)c(Cl)c4)c3O)ccn2)C1. The molecule has 1 aromatic heterocycles. The van der Waals surface area contributed by atoms with Crippen molar-refractivity contribution in [3.63, 3.8) is 0 Å². The van der Waals surface area contributed by atoms with E-state index in [9.17, 15) is 14.3 Å². The summed E-state index contributed by atoms with van der Waals surface area (Å²) in [6, 6.07) is 11.9. The second-order valence-electron chi connectivity index (χ2n) is 8.82. The van der Waals surface area contributed by atoms with Crippen LogP contribution in [-0.2, 0) is 4.79 Å². The Labute approximate surface area is 215 Å². The summed E-state index contributed by atoms with van der Waals surface area (Å²) in [6.07, 6.45) is 6.69. The Bertz CT molecular complexity index is 1290. The number of halogens is 2. The first-order chi connectivity index (χ1) is 17.3. The van der Waals surface area contributed by atoms with E-state index in [0.29, 0.717) is 45.4 Å². The Kier molecular flexibility index (Phi) is 7.76. The van der Waals surface area contributed by atoms with E-state index in [2.05, 4.69) is 15.2 Å². The number of rotatable bonds is 8. The highest BCUT2D eigenvalue weighted by Gasteiger charge is 2.23. The Hall–Kier alpha value is -3.62. The van der Waals surface area contributed by atoms with Crippen molar-refractivity contribution in [2.45, 2.75) is 12.5 Å². The number of benzene rings is 2. The van der Waals surface area contributed by atoms with Gasteiger partial charge in [-0.15, -0.1) is 0 Å². The molecule has 0 unspecified atom stereocenters. The largest absolute Gasteiger partial charge is 0.507 e. The molecule has 0 bridgehead atoms. The molecule has 1 aliphatic heterocycles. The zero-order valence-electron chi connectivity index (χ0n) is 20.4. The van der Waals surface area contributed by atoms with Crippen molar-refractivity contribution in [3.05, 3.63) is 71.9 Å². The number of likely N-dealkylation sites (N-methyl/N-ethyl adjacent to an activating group) is 1. The lowest BCUT2D eigenvalue weighted by molar-refractivity contribution is -0.115. The number of hydrogen-bond acceptors (Lipinski definition) is 6. The number of carbonyl (C=O) groups is 1. The standard InChI is InChI=1S/C27H29ClFN5O2/c1-30-21-7-9-34(16-21)26-13-19(6-8-31-26)23-15-20(29)14-22(27(23)36)18-4-5-25(24(28)12-18)33(3)11-10-32(2)17-35/h4-6,8,10-15,17,21,30,36H,7,9,16H2,1-3H3/b11-10-/t21-/m0/s1. The van der Waals surface area contributed by atoms with Gasteiger partial charge in [-0.3, -0.25) is 4.79 Å². The highest BCUT2D eigenvalue weighted by molar-refractivity contribution is 6.33. The molecule has 1 atom stereocenters. The van der Waals surface area contributed by atoms with Gasteiger partial charge in [0.1, 0.15) is 17.4 Å². The third-order valence-electron chi connectivity index (χ3n) is 6.38. The minimum Gasteiger partial charge on any atom is -0.507 e. The first-order valence-electron chi connectivity index (χ1n) is 11.6. The maximum atomic E-state index is 14.8. The van der Waals surface area contributed by atoms with Gasteiger partial charge in [0.25, 0.3) is 0 Å². The molecule has 0 aliphatic carbocycles. The molecule has 188 valence electrons. The summed E-state index contributed by atoms with van der Waals surface area (Å²) in [5, 5.41) is 14.9. The van der Waals surface area contributed by atoms with Crippen molar-refractivity contribution in [2.75, 3.05) is 44.0 Å². The topological polar surface area (TPSA) is 71.9 Å². The predicted octanol–water partition coefficient (Wildman–Crippen LogP) is 4.71. The van der Waals surface area contributed by atoms with Gasteiger partial charge in [-0.2, -0.15) is 0 Å². The maximum absolute atomic E-state index is 14.8. The highest BCUT2D eigenvalue weighted by atomic mass is 35.5. The Balaban J connectivity index is 1.66. The smallest absolute Gasteiger partial charge is 0.213 e. The lowest BCUT2D eigenvalue weighted by Gasteiger charge is -2.19. The summed E-state index contributed by atoms with van der Waals surface area (Å²) in [5.41, 5.74) is 2.67. The summed E-state index contributed by atoms with van der Waals surface area (Å²) in [5.74, 6) is 0.289. The van der Waals surface area contributed by atoms with E-state index in [0.717, 1.165) is 25.3 Å². The monoisotopic (exact) mass is 509 g/mol. The summed E-state index contributed by atoms with van der Waals surface area (Å²) in [7, 11) is 5.38. The number of aromatic hydroxyl groups is 1. The van der Waals surface area contributed by atoms with E-state index >= 15 is 0 Å². The predicted molar refractivity (Wildman–Crippen MR) is 143 cm³/mol. The molecule has 36 heavy (non-hydrogen) atoms. The summed E-state index contributed by atoms with van der Waals surface area (Å²) >= 11 is 6.54. The van der Waals surface area contributed by atoms with Crippen LogP contribution >= 0.6 is 11.6 Å². The summed E-state index contributed by atoms with van der Waals surface area (Å²) in [4.78, 5) is 20.6. The molecule has 1 amide bonds. The van der Waals surface area contributed by atoms with Crippen LogP contribution in [0.4, 0.5) is 15.9 Å². The Morgan fingerprint density at radius 1 is 1.14 bits per heavy atom. The van der Waals surface area contributed by atoms with Gasteiger partial charge in [-0.1, -0.05) is 17.7 Å². The van der Waals surface area contributed by atoms with Crippen molar-refractivity contribution in [1.29, 1.82) is 0 Å². The Morgan fingerprint density at radius 3 is 2.50 bits per heavy atom. The van der Waals surface area contributed by atoms with Crippen LogP contribution in [0.15, 0.2) is 61.1 Å². The van der Waals surface area contributed by atoms with Gasteiger partial charge in [0, 0.05) is 63.0 Å². The van der Waals surface area contributed by atoms with Gasteiger partial charge < -0.3 is 25.1 Å². The normalized spacial score (nSPS) is 15.5. The molecule has 1 fully saturated rings. The first-order valence-corrected chi connectivity index (χ1v) is 12.0. The lowest BCUT2D eigenvalue weighted by Crippen LogP contribution is -2.29. The van der Waals surface area contributed by atoms with Crippen molar-refractivity contribution < 1.29 is 14.3 Å². The van der Waals surface area contributed by atoms with E-state index < -0.39 is 5.82 Å². The fourth-order valence-electron chi connectivity index (χ4n) is 4.28. The average molecular weight is 510 g/mol. The van der Waals surface area contributed by atoms with Crippen LogP contribution in [-0.4, -0.2) is 61.7 Å². The molecule has 0 saturated carbocycles. The molecule has 2 aromatic carbocycles. The van der Waals surface area contributed by atoms with Gasteiger partial charge in [0.15, 0.2) is 0 Å². The van der Waals surface area contributed by atoms with Crippen molar-refractivity contribution in [1.82, 2.24) is 15.2 Å². The first kappa shape index (κ1) is 25.5. The van der Waals surface area contributed by atoms with Crippen LogP contribution in [0.5, 0.6) is 5.75 Å². The quantitative estimate of drug-likeness (QED) is 0.429. The minimum absolute atomic E-state index is 0.0345. The highest BCUT2D eigenvalue weighted by Crippen LogP contribution is 2.41. The number of phenols is 1. The number of hydrogen-bond donors (Lipinski definition) is 2. The van der Waals surface area contributed by atoms with Crippen molar-refractivity contribution >= 4 is 29.5 Å². The maximum Gasteiger partial charge on any atom is 0.213 e. The summed E-state index contributed by atoms with van der Waals surface area (Å²) in [6.45, 7) is 1.72. The van der Waals surface area contributed by atoms with Gasteiger partial charge in [0.2, 0.25) is 6.41 Å². The van der Waals surface area contributed by atoms with Crippen LogP contribution in [0.2, 0.25) is 5.02 Å². The number of amides is 1. The second kappa shape index (κ2) is 11.0. The van der Waals surface area contributed by atoms with Crippen LogP contribution in [0.1, 0.15) is 6.42 Å². The average Bonchev–Trinajstić information content (AvgIpc) is 3.37. The number of anilines is 2. The molecule has 0 radical (unpaired) electrons. The molecular weight excluding hydrogens is 481 g/mol. The molecule has 0 spiro atoms. The minimum atomic E-state index is -0.468. The van der Waals surface area contributed by atoms with Crippen LogP contribution < -0.4 is 15.1 Å².